The van der Waals surface area contributed by atoms with Crippen molar-refractivity contribution < 1.29 is 32.5 Å². The third kappa shape index (κ3) is 7.82. The van der Waals surface area contributed by atoms with Crippen molar-refractivity contribution in [2.75, 3.05) is 20.6 Å². The van der Waals surface area contributed by atoms with Gasteiger partial charge in [-0.15, -0.1) is 0 Å². The van der Waals surface area contributed by atoms with Crippen molar-refractivity contribution in [2.45, 2.75) is 65.2 Å². The van der Waals surface area contributed by atoms with Crippen LogP contribution in [-0.2, 0) is 22.2 Å². The van der Waals surface area contributed by atoms with Crippen molar-refractivity contribution in [3.8, 4) is 11.1 Å². The molecule has 0 saturated carbocycles. The Morgan fingerprint density at radius 2 is 1.76 bits per heavy atom. The van der Waals surface area contributed by atoms with E-state index in [1.807, 2.05) is 45.9 Å². The first kappa shape index (κ1) is 34.4. The number of amides is 1. The monoisotopic (exact) mass is 641 g/mol. The number of likely N-dealkylation sites (N-methyl/N-ethyl adjacent to an activating group) is 1. The van der Waals surface area contributed by atoms with E-state index in [0.717, 1.165) is 27.5 Å². The minimum atomic E-state index is -4.76. The summed E-state index contributed by atoms with van der Waals surface area (Å²) < 4.78 is 47.8. The molecule has 2 N–H and O–H groups in total. The van der Waals surface area contributed by atoms with Gasteiger partial charge in [-0.25, -0.2) is 4.63 Å². The maximum absolute atomic E-state index is 14.0. The molecule has 4 aromatic rings. The molecule has 2 aromatic carbocycles. The van der Waals surface area contributed by atoms with Gasteiger partial charge < -0.3 is 19.9 Å². The maximum Gasteiger partial charge on any atom is 0.416 e. The number of aromatic nitrogens is 3. The van der Waals surface area contributed by atoms with Crippen molar-refractivity contribution >= 4 is 22.9 Å². The predicted octanol–water partition coefficient (Wildman–Crippen LogP) is 5.71. The number of hydrogen-bond donors (Lipinski definition) is 2. The number of carboxylic acids is 1. The molecule has 13 heteroatoms. The number of fused-ring (bicyclic) bond motifs is 1. The number of pyridine rings is 1. The smallest absolute Gasteiger partial charge is 0.416 e. The molecule has 2 aromatic heterocycles. The molecule has 2 heterocycles. The minimum absolute atomic E-state index is 0.0119. The number of aryl methyl sites for hydroxylation is 2. The van der Waals surface area contributed by atoms with Crippen LogP contribution in [0.1, 0.15) is 66.6 Å². The molecule has 0 bridgehead atoms. The Hall–Kier alpha value is -4.52. The third-order valence-electron chi connectivity index (χ3n) is 7.86. The number of nitrogens with one attached hydrogen (secondary N) is 1. The molecule has 0 unspecified atom stereocenters. The lowest BCUT2D eigenvalue weighted by Crippen LogP contribution is -2.40. The number of halogens is 3. The predicted molar refractivity (Wildman–Crippen MR) is 166 cm³/mol. The van der Waals surface area contributed by atoms with Crippen molar-refractivity contribution in [2.24, 2.45) is 5.92 Å². The number of nitrogens with zero attached hydrogens (tertiary/aromatic N) is 4. The number of alkyl halides is 3. The van der Waals surface area contributed by atoms with E-state index in [4.69, 9.17) is 4.63 Å². The number of carboxylic acid groups (broad SMARTS) is 1. The van der Waals surface area contributed by atoms with Gasteiger partial charge in [0.1, 0.15) is 17.1 Å². The highest BCUT2D eigenvalue weighted by Crippen LogP contribution is 2.35. The summed E-state index contributed by atoms with van der Waals surface area (Å²) in [4.78, 5) is 41.0. The highest BCUT2D eigenvalue weighted by Gasteiger charge is 2.36. The standard InChI is InChI=1S/C33H38F3N5O5/c1-18(2)12-27(41-17-21(10-11-40(5)6)24(15-28(41)42)33(34,35)36)32(45)37-25(16-29(43)44)23-13-22(14-26-31(23)39-46-38-26)30-19(3)8-7-9-20(30)4/h7-9,13-15,17-18,25,27H,10-12,16H2,1-6H3,(H,37,45)(H,43,44)/t25-,27+/m0/s1. The van der Waals surface area contributed by atoms with Crippen LogP contribution in [0.5, 0.6) is 0 Å². The molecule has 2 atom stereocenters. The largest absolute Gasteiger partial charge is 0.481 e. The van der Waals surface area contributed by atoms with Crippen LogP contribution in [-0.4, -0.2) is 57.4 Å². The zero-order valence-corrected chi connectivity index (χ0v) is 26.6. The zero-order chi connectivity index (χ0) is 33.9. The first-order chi connectivity index (χ1) is 21.6. The molecule has 0 radical (unpaired) electrons. The van der Waals surface area contributed by atoms with Gasteiger partial charge in [0.25, 0.3) is 5.56 Å². The lowest BCUT2D eigenvalue weighted by atomic mass is 9.91. The van der Waals surface area contributed by atoms with E-state index in [0.29, 0.717) is 22.7 Å². The number of hydrogen-bond acceptors (Lipinski definition) is 7. The quantitative estimate of drug-likeness (QED) is 0.201. The molecule has 0 spiro atoms. The molecule has 0 aliphatic heterocycles. The number of carbonyl (C=O) groups excluding carboxylic acids is 1. The van der Waals surface area contributed by atoms with Crippen LogP contribution < -0.4 is 10.9 Å². The molecule has 1 amide bonds. The third-order valence-corrected chi connectivity index (χ3v) is 7.86. The van der Waals surface area contributed by atoms with Gasteiger partial charge in [0.05, 0.1) is 18.0 Å². The summed E-state index contributed by atoms with van der Waals surface area (Å²) in [5, 5.41) is 20.6. The van der Waals surface area contributed by atoms with E-state index in [1.165, 1.54) is 0 Å². The summed E-state index contributed by atoms with van der Waals surface area (Å²) in [5.74, 6) is -2.08. The SMILES string of the molecule is Cc1cccc(C)c1-c1cc([C@H](CC(=O)O)NC(=O)[C@@H](CC(C)C)n2cc(CCN(C)C)c(C(F)(F)F)cc2=O)c2nonc2c1. The van der Waals surface area contributed by atoms with E-state index >= 15 is 0 Å². The van der Waals surface area contributed by atoms with Crippen LogP contribution in [0.15, 0.2) is 52.0 Å². The summed E-state index contributed by atoms with van der Waals surface area (Å²) in [6.07, 6.45) is -4.11. The fourth-order valence-corrected chi connectivity index (χ4v) is 5.71. The van der Waals surface area contributed by atoms with Crippen LogP contribution in [0.4, 0.5) is 13.2 Å². The van der Waals surface area contributed by atoms with Crippen LogP contribution in [0.25, 0.3) is 22.2 Å². The number of rotatable bonds is 12. The molecule has 4 rings (SSSR count). The second-order valence-electron chi connectivity index (χ2n) is 12.3. The molecule has 46 heavy (non-hydrogen) atoms. The topological polar surface area (TPSA) is 131 Å². The number of benzene rings is 2. The fraction of sp³-hybridized carbons (Fsp3) is 0.424. The summed E-state index contributed by atoms with van der Waals surface area (Å²) in [6.45, 7) is 7.79. The molecule has 10 nitrogen and oxygen atoms in total. The van der Waals surface area contributed by atoms with Gasteiger partial charge in [0.15, 0.2) is 0 Å². The molecular weight excluding hydrogens is 603 g/mol. The average Bonchev–Trinajstić information content (AvgIpc) is 3.42. The Balaban J connectivity index is 1.82. The lowest BCUT2D eigenvalue weighted by molar-refractivity contribution is -0.139. The molecule has 0 aliphatic rings. The van der Waals surface area contributed by atoms with Crippen LogP contribution in [0, 0.1) is 19.8 Å². The summed E-state index contributed by atoms with van der Waals surface area (Å²) in [6, 6.07) is 7.46. The van der Waals surface area contributed by atoms with Gasteiger partial charge in [-0.05, 0) is 97.0 Å². The van der Waals surface area contributed by atoms with Crippen LogP contribution in [0.2, 0.25) is 0 Å². The van der Waals surface area contributed by atoms with Gasteiger partial charge in [0.2, 0.25) is 5.91 Å². The number of carbonyl (C=O) groups is 2. The molecule has 246 valence electrons. The zero-order valence-electron chi connectivity index (χ0n) is 26.6. The first-order valence-corrected chi connectivity index (χ1v) is 14.9. The van der Waals surface area contributed by atoms with E-state index < -0.39 is 47.7 Å². The van der Waals surface area contributed by atoms with E-state index in [9.17, 15) is 32.7 Å². The van der Waals surface area contributed by atoms with Crippen LogP contribution in [0.3, 0.4) is 0 Å². The minimum Gasteiger partial charge on any atom is -0.481 e. The Labute approximate surface area is 264 Å². The van der Waals surface area contributed by atoms with Gasteiger partial charge in [-0.1, -0.05) is 32.0 Å². The Kier molecular flexibility index (Phi) is 10.3. The second kappa shape index (κ2) is 13.9. The fourth-order valence-electron chi connectivity index (χ4n) is 5.71. The molecule has 0 aliphatic carbocycles. The summed E-state index contributed by atoms with van der Waals surface area (Å²) in [5.41, 5.74) is 2.30. The van der Waals surface area contributed by atoms with Gasteiger partial charge in [-0.3, -0.25) is 14.4 Å². The molecular formula is C33H38F3N5O5. The maximum atomic E-state index is 14.0. The van der Waals surface area contributed by atoms with Gasteiger partial charge >= 0.3 is 12.1 Å². The van der Waals surface area contributed by atoms with E-state index in [1.54, 1.807) is 31.1 Å². The summed E-state index contributed by atoms with van der Waals surface area (Å²) in [7, 11) is 3.44. The van der Waals surface area contributed by atoms with E-state index in [-0.39, 0.29) is 36.4 Å². The highest BCUT2D eigenvalue weighted by molar-refractivity contribution is 5.88. The van der Waals surface area contributed by atoms with Crippen LogP contribution >= 0.6 is 0 Å². The highest BCUT2D eigenvalue weighted by atomic mass is 19.4. The van der Waals surface area contributed by atoms with Crippen molar-refractivity contribution in [1.29, 1.82) is 0 Å². The Morgan fingerprint density at radius 1 is 1.09 bits per heavy atom. The lowest BCUT2D eigenvalue weighted by Gasteiger charge is -2.26. The Bertz CT molecular complexity index is 1770. The van der Waals surface area contributed by atoms with E-state index in [2.05, 4.69) is 15.6 Å². The van der Waals surface area contributed by atoms with Gasteiger partial charge in [0, 0.05) is 24.4 Å². The normalized spacial score (nSPS) is 13.4. The van der Waals surface area contributed by atoms with Gasteiger partial charge in [-0.2, -0.15) is 13.2 Å². The molecule has 0 saturated heterocycles. The average molecular weight is 642 g/mol. The van der Waals surface area contributed by atoms with Crippen molar-refractivity contribution in [3.63, 3.8) is 0 Å². The van der Waals surface area contributed by atoms with Crippen molar-refractivity contribution in [1.82, 2.24) is 25.1 Å². The number of aliphatic carboxylic acids is 1. The second-order valence-corrected chi connectivity index (χ2v) is 12.3. The Morgan fingerprint density at radius 3 is 2.35 bits per heavy atom. The summed E-state index contributed by atoms with van der Waals surface area (Å²) >= 11 is 0. The molecule has 0 fully saturated rings. The van der Waals surface area contributed by atoms with Crippen molar-refractivity contribution in [3.05, 3.63) is 80.8 Å². The first-order valence-electron chi connectivity index (χ1n) is 14.9.